The maximum atomic E-state index is 6.05. The van der Waals surface area contributed by atoms with Gasteiger partial charge in [-0.1, -0.05) is 31.9 Å². The average Bonchev–Trinajstić information content (AvgIpc) is 3.33. The zero-order valence-corrected chi connectivity index (χ0v) is 21.2. The van der Waals surface area contributed by atoms with Crippen LogP contribution in [0.5, 0.6) is 0 Å². The van der Waals surface area contributed by atoms with E-state index in [1.807, 2.05) is 5.57 Å². The van der Waals surface area contributed by atoms with Gasteiger partial charge in [0.25, 0.3) is 0 Å². The van der Waals surface area contributed by atoms with E-state index in [0.29, 0.717) is 10.8 Å². The average molecular weight is 441 g/mol. The van der Waals surface area contributed by atoms with Crippen molar-refractivity contribution in [3.05, 3.63) is 11.6 Å². The van der Waals surface area contributed by atoms with E-state index in [1.54, 1.807) is 32.1 Å². The maximum Gasteiger partial charge on any atom is 0.157 e. The van der Waals surface area contributed by atoms with Gasteiger partial charge in [0, 0.05) is 13.2 Å². The minimum absolute atomic E-state index is 0.0835. The van der Waals surface area contributed by atoms with Gasteiger partial charge in [-0.15, -0.1) is 0 Å². The molecule has 5 saturated carbocycles. The Labute approximate surface area is 197 Å². The third-order valence-electron chi connectivity index (χ3n) is 12.3. The molecule has 0 amide bonds. The molecule has 1 spiro atoms. The lowest BCUT2D eigenvalue weighted by molar-refractivity contribution is -0.163. The molecule has 2 nitrogen and oxygen atoms in total. The first-order chi connectivity index (χ1) is 15.5. The molecule has 0 aromatic heterocycles. The van der Waals surface area contributed by atoms with Crippen molar-refractivity contribution < 1.29 is 9.47 Å². The Hall–Kier alpha value is -0.340. The largest absolute Gasteiger partial charge is 0.353 e. The Morgan fingerprint density at radius 2 is 1.94 bits per heavy atom. The maximum absolute atomic E-state index is 6.05. The Bertz CT molecular complexity index is 737. The second kappa shape index (κ2) is 8.11. The SMILES string of the molecule is C/C=C1/C[C@@H](CCCCOC2CCCCO2)[C@H]2[C@@H]3CC[C@]45C[C@H]4CC[C@]5(C)[C@H]3CC[C@]12C. The molecule has 1 aliphatic heterocycles. The fourth-order valence-electron chi connectivity index (χ4n) is 10.7. The van der Waals surface area contributed by atoms with Crippen LogP contribution in [0.4, 0.5) is 0 Å². The van der Waals surface area contributed by atoms with Crippen LogP contribution in [0.3, 0.4) is 0 Å². The molecule has 32 heavy (non-hydrogen) atoms. The second-order valence-corrected chi connectivity index (χ2v) is 13.2. The third-order valence-corrected chi connectivity index (χ3v) is 12.3. The quantitative estimate of drug-likeness (QED) is 0.308. The number of rotatable bonds is 6. The van der Waals surface area contributed by atoms with Gasteiger partial charge in [-0.05, 0) is 136 Å². The monoisotopic (exact) mass is 440 g/mol. The van der Waals surface area contributed by atoms with Crippen LogP contribution >= 0.6 is 0 Å². The molecular formula is C30H48O2. The molecule has 0 N–H and O–H groups in total. The van der Waals surface area contributed by atoms with Crippen molar-refractivity contribution in [3.63, 3.8) is 0 Å². The summed E-state index contributed by atoms with van der Waals surface area (Å²) in [6.07, 6.45) is 22.3. The summed E-state index contributed by atoms with van der Waals surface area (Å²) in [6.45, 7) is 9.54. The molecule has 0 aromatic carbocycles. The summed E-state index contributed by atoms with van der Waals surface area (Å²) in [5.74, 6) is 4.99. The van der Waals surface area contributed by atoms with Gasteiger partial charge in [-0.3, -0.25) is 0 Å². The van der Waals surface area contributed by atoms with Crippen molar-refractivity contribution in [2.24, 2.45) is 45.8 Å². The number of hydrogen-bond donors (Lipinski definition) is 0. The van der Waals surface area contributed by atoms with Crippen LogP contribution in [0.25, 0.3) is 0 Å². The van der Waals surface area contributed by atoms with Crippen LogP contribution in [0.15, 0.2) is 11.6 Å². The van der Waals surface area contributed by atoms with Crippen molar-refractivity contribution in [3.8, 4) is 0 Å². The first-order valence-corrected chi connectivity index (χ1v) is 14.4. The molecule has 1 heterocycles. The zero-order chi connectivity index (χ0) is 22.0. The summed E-state index contributed by atoms with van der Waals surface area (Å²) in [5.41, 5.74) is 3.78. The molecule has 0 aromatic rings. The highest BCUT2D eigenvalue weighted by atomic mass is 16.7. The minimum Gasteiger partial charge on any atom is -0.353 e. The Kier molecular flexibility index (Phi) is 5.61. The fraction of sp³-hybridized carbons (Fsp3) is 0.933. The Balaban J connectivity index is 1.12. The van der Waals surface area contributed by atoms with Gasteiger partial charge >= 0.3 is 0 Å². The van der Waals surface area contributed by atoms with E-state index >= 15 is 0 Å². The molecule has 6 rings (SSSR count). The van der Waals surface area contributed by atoms with Crippen LogP contribution < -0.4 is 0 Å². The Morgan fingerprint density at radius 1 is 1.03 bits per heavy atom. The molecule has 6 fully saturated rings. The predicted octanol–water partition coefficient (Wildman–Crippen LogP) is 7.92. The summed E-state index contributed by atoms with van der Waals surface area (Å²) in [7, 11) is 0. The number of allylic oxidation sites excluding steroid dienone is 2. The van der Waals surface area contributed by atoms with Gasteiger partial charge in [-0.25, -0.2) is 0 Å². The highest BCUT2D eigenvalue weighted by molar-refractivity contribution is 5.28. The van der Waals surface area contributed by atoms with Gasteiger partial charge in [0.1, 0.15) is 0 Å². The molecule has 5 aliphatic carbocycles. The number of unbranched alkanes of at least 4 members (excludes halogenated alkanes) is 1. The van der Waals surface area contributed by atoms with Crippen LogP contribution in [0.1, 0.15) is 111 Å². The minimum atomic E-state index is 0.0835. The molecule has 9 atom stereocenters. The molecular weight excluding hydrogens is 392 g/mol. The van der Waals surface area contributed by atoms with Crippen LogP contribution in [-0.4, -0.2) is 19.5 Å². The van der Waals surface area contributed by atoms with Crippen LogP contribution in [0, 0.1) is 45.8 Å². The number of hydrogen-bond acceptors (Lipinski definition) is 2. The van der Waals surface area contributed by atoms with E-state index in [1.165, 1.54) is 51.4 Å². The van der Waals surface area contributed by atoms with E-state index in [-0.39, 0.29) is 6.29 Å². The molecule has 0 radical (unpaired) electrons. The van der Waals surface area contributed by atoms with E-state index < -0.39 is 0 Å². The summed E-state index contributed by atoms with van der Waals surface area (Å²) in [4.78, 5) is 0. The lowest BCUT2D eigenvalue weighted by atomic mass is 9.45. The van der Waals surface area contributed by atoms with Crippen molar-refractivity contribution in [1.29, 1.82) is 0 Å². The highest BCUT2D eigenvalue weighted by Gasteiger charge is 2.73. The predicted molar refractivity (Wildman–Crippen MR) is 130 cm³/mol. The molecule has 1 unspecified atom stereocenters. The molecule has 6 aliphatic rings. The fourth-order valence-corrected chi connectivity index (χ4v) is 10.7. The molecule has 0 bridgehead atoms. The topological polar surface area (TPSA) is 18.5 Å². The van der Waals surface area contributed by atoms with Gasteiger partial charge in [-0.2, -0.15) is 0 Å². The van der Waals surface area contributed by atoms with E-state index in [9.17, 15) is 0 Å². The van der Waals surface area contributed by atoms with Gasteiger partial charge in [0.2, 0.25) is 0 Å². The number of fused-ring (bicyclic) bond motifs is 4. The van der Waals surface area contributed by atoms with Gasteiger partial charge in [0.05, 0.1) is 0 Å². The first-order valence-electron chi connectivity index (χ1n) is 14.4. The van der Waals surface area contributed by atoms with E-state index in [0.717, 1.165) is 54.6 Å². The van der Waals surface area contributed by atoms with E-state index in [4.69, 9.17) is 9.47 Å². The second-order valence-electron chi connectivity index (χ2n) is 13.2. The molecule has 2 heteroatoms. The van der Waals surface area contributed by atoms with Crippen molar-refractivity contribution >= 4 is 0 Å². The summed E-state index contributed by atoms with van der Waals surface area (Å²) in [6, 6.07) is 0. The summed E-state index contributed by atoms with van der Waals surface area (Å²) in [5, 5.41) is 0. The molecule has 1 saturated heterocycles. The van der Waals surface area contributed by atoms with Crippen LogP contribution in [0.2, 0.25) is 0 Å². The Morgan fingerprint density at radius 3 is 2.72 bits per heavy atom. The zero-order valence-electron chi connectivity index (χ0n) is 21.2. The van der Waals surface area contributed by atoms with Crippen LogP contribution in [-0.2, 0) is 9.47 Å². The van der Waals surface area contributed by atoms with Crippen molar-refractivity contribution in [2.75, 3.05) is 13.2 Å². The summed E-state index contributed by atoms with van der Waals surface area (Å²) >= 11 is 0. The lowest BCUT2D eigenvalue weighted by Gasteiger charge is -2.59. The first kappa shape index (κ1) is 22.1. The standard InChI is InChI=1S/C30H48O2/c1-4-22-19-21(9-5-7-17-31-26-10-6-8-18-32-26)27-24-12-16-30-20-23(30)11-15-29(30,3)25(24)13-14-28(22,27)2/h4,21,23-27H,5-20H2,1-3H3/b22-4-/t21-,23-,24-,25+,26?,27+,28-,29-,30+/m1/s1. The highest BCUT2D eigenvalue weighted by Crippen LogP contribution is 2.82. The van der Waals surface area contributed by atoms with Crippen molar-refractivity contribution in [2.45, 2.75) is 117 Å². The molecule has 180 valence electrons. The smallest absolute Gasteiger partial charge is 0.157 e. The number of ether oxygens (including phenoxy) is 2. The normalized spacial score (nSPS) is 52.9. The van der Waals surface area contributed by atoms with E-state index in [2.05, 4.69) is 26.8 Å². The lowest BCUT2D eigenvalue weighted by Crippen LogP contribution is -2.52. The van der Waals surface area contributed by atoms with Crippen molar-refractivity contribution in [1.82, 2.24) is 0 Å². The van der Waals surface area contributed by atoms with Gasteiger partial charge in [0.15, 0.2) is 6.29 Å². The van der Waals surface area contributed by atoms with Gasteiger partial charge < -0.3 is 9.47 Å². The summed E-state index contributed by atoms with van der Waals surface area (Å²) < 4.78 is 11.8. The third kappa shape index (κ3) is 3.17.